The molecule has 0 saturated carbocycles. The summed E-state index contributed by atoms with van der Waals surface area (Å²) < 4.78 is 12.0. The summed E-state index contributed by atoms with van der Waals surface area (Å²) in [5.41, 5.74) is 2.51. The van der Waals surface area contributed by atoms with Crippen molar-refractivity contribution in [3.05, 3.63) is 12.3 Å². The summed E-state index contributed by atoms with van der Waals surface area (Å²) in [5.74, 6) is -0.536. The topological polar surface area (TPSA) is 27.6 Å². The standard InChI is InChI=1S/C4H5FN3/c1-8-6-3-2-4(5)7-8/h2,6H,1H3. The third-order valence-electron chi connectivity index (χ3n) is 0.663. The Labute approximate surface area is 46.4 Å². The van der Waals surface area contributed by atoms with Crippen LogP contribution in [0.3, 0.4) is 0 Å². The molecule has 0 atom stereocenters. The van der Waals surface area contributed by atoms with Crippen molar-refractivity contribution in [2.24, 2.45) is 5.10 Å². The number of allylic oxidation sites excluding steroid dienone is 1. The summed E-state index contributed by atoms with van der Waals surface area (Å²) in [6.07, 6.45) is 3.55. The number of halogens is 1. The van der Waals surface area contributed by atoms with E-state index in [2.05, 4.69) is 16.7 Å². The van der Waals surface area contributed by atoms with Gasteiger partial charge in [-0.2, -0.15) is 4.39 Å². The molecule has 1 N–H and O–H groups in total. The van der Waals surface area contributed by atoms with Gasteiger partial charge in [0.05, 0.1) is 6.20 Å². The highest BCUT2D eigenvalue weighted by atomic mass is 19.1. The van der Waals surface area contributed by atoms with Gasteiger partial charge in [0, 0.05) is 13.1 Å². The molecule has 0 aromatic heterocycles. The van der Waals surface area contributed by atoms with E-state index in [1.165, 1.54) is 5.12 Å². The van der Waals surface area contributed by atoms with E-state index in [4.69, 9.17) is 0 Å². The maximum absolute atomic E-state index is 12.0. The van der Waals surface area contributed by atoms with E-state index < -0.39 is 5.97 Å². The van der Waals surface area contributed by atoms with Gasteiger partial charge < -0.3 is 0 Å². The van der Waals surface area contributed by atoms with Crippen LogP contribution in [-0.2, 0) is 0 Å². The number of hydrogen-bond donors (Lipinski definition) is 1. The third kappa shape index (κ3) is 0.959. The molecule has 0 amide bonds. The van der Waals surface area contributed by atoms with Crippen molar-refractivity contribution in [3.8, 4) is 0 Å². The average Bonchev–Trinajstić information content (AvgIpc) is 1.64. The maximum Gasteiger partial charge on any atom is 0.234 e. The van der Waals surface area contributed by atoms with Crippen molar-refractivity contribution in [1.82, 2.24) is 10.5 Å². The van der Waals surface area contributed by atoms with Crippen LogP contribution < -0.4 is 5.43 Å². The minimum Gasteiger partial charge on any atom is -0.280 e. The molecule has 1 rings (SSSR count). The lowest BCUT2D eigenvalue weighted by atomic mass is 10.6. The summed E-state index contributed by atoms with van der Waals surface area (Å²) in [5, 5.41) is 4.57. The first kappa shape index (κ1) is 5.08. The van der Waals surface area contributed by atoms with Crippen molar-refractivity contribution in [1.29, 1.82) is 0 Å². The molecule has 1 aliphatic rings. The van der Waals surface area contributed by atoms with Crippen LogP contribution in [0.15, 0.2) is 11.2 Å². The largest absolute Gasteiger partial charge is 0.280 e. The Balaban J connectivity index is 2.63. The number of hydrogen-bond acceptors (Lipinski definition) is 3. The predicted octanol–water partition coefficient (Wildman–Crippen LogP) is 0.0363. The summed E-state index contributed by atoms with van der Waals surface area (Å²) in [6, 6.07) is 0. The lowest BCUT2D eigenvalue weighted by Crippen LogP contribution is -2.28. The van der Waals surface area contributed by atoms with Gasteiger partial charge in [0.1, 0.15) is 0 Å². The number of nitrogens with one attached hydrogen (secondary N) is 1. The Morgan fingerprint density at radius 1 is 2.00 bits per heavy atom. The lowest BCUT2D eigenvalue weighted by molar-refractivity contribution is 0.276. The summed E-state index contributed by atoms with van der Waals surface area (Å²) in [4.78, 5) is 0. The van der Waals surface area contributed by atoms with E-state index in [9.17, 15) is 4.39 Å². The molecule has 0 bridgehead atoms. The molecule has 0 saturated heterocycles. The van der Waals surface area contributed by atoms with Gasteiger partial charge >= 0.3 is 0 Å². The monoisotopic (exact) mass is 114 g/mol. The Bertz CT molecular complexity index is 140. The third-order valence-corrected chi connectivity index (χ3v) is 0.663. The van der Waals surface area contributed by atoms with E-state index in [-0.39, 0.29) is 0 Å². The van der Waals surface area contributed by atoms with Crippen LogP contribution in [-0.4, -0.2) is 18.1 Å². The summed E-state index contributed by atoms with van der Waals surface area (Å²) in [7, 11) is 1.58. The highest BCUT2D eigenvalue weighted by Gasteiger charge is 1.97. The van der Waals surface area contributed by atoms with Crippen molar-refractivity contribution >= 4 is 5.97 Å². The lowest BCUT2D eigenvalue weighted by Gasteiger charge is -2.13. The van der Waals surface area contributed by atoms with Crippen molar-refractivity contribution in [3.63, 3.8) is 0 Å². The van der Waals surface area contributed by atoms with Gasteiger partial charge in [-0.05, 0) is 0 Å². The van der Waals surface area contributed by atoms with Crippen LogP contribution >= 0.6 is 0 Å². The minimum atomic E-state index is -0.536. The fraction of sp³-hybridized carbons (Fsp3) is 0.250. The fourth-order valence-electron chi connectivity index (χ4n) is 0.382. The van der Waals surface area contributed by atoms with Crippen LogP contribution in [0.5, 0.6) is 0 Å². The molecule has 1 heterocycles. The first-order chi connectivity index (χ1) is 3.79. The summed E-state index contributed by atoms with van der Waals surface area (Å²) >= 11 is 0. The Kier molecular flexibility index (Phi) is 1.15. The van der Waals surface area contributed by atoms with Crippen LogP contribution in [0.1, 0.15) is 0 Å². The zero-order chi connectivity index (χ0) is 5.98. The quantitative estimate of drug-likeness (QED) is 0.481. The Morgan fingerprint density at radius 3 is 3.12 bits per heavy atom. The number of nitrogens with zero attached hydrogens (tertiary/aromatic N) is 2. The fourth-order valence-corrected chi connectivity index (χ4v) is 0.382. The van der Waals surface area contributed by atoms with Crippen molar-refractivity contribution in [2.45, 2.75) is 0 Å². The van der Waals surface area contributed by atoms with Gasteiger partial charge in [-0.1, -0.05) is 0 Å². The van der Waals surface area contributed by atoms with Crippen LogP contribution in [0.2, 0.25) is 0 Å². The molecule has 1 aliphatic heterocycles. The zero-order valence-corrected chi connectivity index (χ0v) is 4.35. The van der Waals surface area contributed by atoms with Gasteiger partial charge in [-0.3, -0.25) is 5.43 Å². The first-order valence-corrected chi connectivity index (χ1v) is 2.11. The molecule has 0 unspecified atom stereocenters. The number of rotatable bonds is 0. The zero-order valence-electron chi connectivity index (χ0n) is 4.35. The second-order valence-corrected chi connectivity index (χ2v) is 1.35. The molecule has 1 radical (unpaired) electrons. The molecule has 0 aromatic carbocycles. The molecule has 3 nitrogen and oxygen atoms in total. The highest BCUT2D eigenvalue weighted by molar-refractivity contribution is 5.85. The second kappa shape index (κ2) is 1.81. The molecular formula is C4H5FN3. The van der Waals surface area contributed by atoms with E-state index in [0.29, 0.717) is 0 Å². The molecule has 0 aromatic rings. The Hall–Kier alpha value is -1.06. The first-order valence-electron chi connectivity index (χ1n) is 2.11. The van der Waals surface area contributed by atoms with Crippen molar-refractivity contribution in [2.75, 3.05) is 7.05 Å². The van der Waals surface area contributed by atoms with Gasteiger partial charge in [0.25, 0.3) is 0 Å². The van der Waals surface area contributed by atoms with E-state index >= 15 is 0 Å². The maximum atomic E-state index is 12.0. The SMILES string of the molecule is CN1N=C(F)C=[C]N1. The average molecular weight is 114 g/mol. The molecule has 0 spiro atoms. The molecule has 0 aliphatic carbocycles. The van der Waals surface area contributed by atoms with Crippen LogP contribution in [0.4, 0.5) is 4.39 Å². The molecule has 43 valence electrons. The van der Waals surface area contributed by atoms with Gasteiger partial charge in [0.15, 0.2) is 0 Å². The Morgan fingerprint density at radius 2 is 2.75 bits per heavy atom. The second-order valence-electron chi connectivity index (χ2n) is 1.35. The minimum absolute atomic E-state index is 0.536. The predicted molar refractivity (Wildman–Crippen MR) is 27.3 cm³/mol. The summed E-state index contributed by atoms with van der Waals surface area (Å²) in [6.45, 7) is 0. The van der Waals surface area contributed by atoms with Gasteiger partial charge in [-0.25, -0.2) is 5.12 Å². The molecule has 4 heteroatoms. The highest BCUT2D eigenvalue weighted by Crippen LogP contribution is 1.90. The van der Waals surface area contributed by atoms with Crippen molar-refractivity contribution < 1.29 is 4.39 Å². The van der Waals surface area contributed by atoms with E-state index in [1.807, 2.05) is 0 Å². The number of hydrazine groups is 1. The molecule has 8 heavy (non-hydrogen) atoms. The van der Waals surface area contributed by atoms with E-state index in [0.717, 1.165) is 6.08 Å². The van der Waals surface area contributed by atoms with Gasteiger partial charge in [0.2, 0.25) is 5.97 Å². The smallest absolute Gasteiger partial charge is 0.234 e. The van der Waals surface area contributed by atoms with Crippen LogP contribution in [0, 0.1) is 6.20 Å². The molecule has 0 fully saturated rings. The number of hydrazone groups is 1. The van der Waals surface area contributed by atoms with E-state index in [1.54, 1.807) is 7.05 Å². The molecular weight excluding hydrogens is 109 g/mol. The van der Waals surface area contributed by atoms with Crippen LogP contribution in [0.25, 0.3) is 0 Å². The normalized spacial score (nSPS) is 17.8. The van der Waals surface area contributed by atoms with Gasteiger partial charge in [-0.15, -0.1) is 5.10 Å².